The maximum Gasteiger partial charge on any atom is 0.307 e. The second-order valence-electron chi connectivity index (χ2n) is 2.61. The number of nitriles is 1. The summed E-state index contributed by atoms with van der Waals surface area (Å²) >= 11 is 5.28. The number of carbonyl (C=O) groups is 1. The molecule has 14 heavy (non-hydrogen) atoms. The number of carboxylic acids is 1. The summed E-state index contributed by atoms with van der Waals surface area (Å²) in [5.74, 6) is -0.894. The minimum absolute atomic E-state index is 0.0553. The van der Waals surface area contributed by atoms with Crippen LogP contribution in [0.1, 0.15) is 11.1 Å². The van der Waals surface area contributed by atoms with Crippen molar-refractivity contribution in [1.29, 1.82) is 5.26 Å². The molecule has 0 aliphatic carbocycles. The molecular formula is C9H5BrINO2. The Balaban J connectivity index is 3.19. The molecule has 0 aliphatic heterocycles. The van der Waals surface area contributed by atoms with E-state index in [0.717, 1.165) is 3.57 Å². The lowest BCUT2D eigenvalue weighted by molar-refractivity contribution is -0.136. The van der Waals surface area contributed by atoms with Gasteiger partial charge in [0, 0.05) is 8.04 Å². The molecule has 72 valence electrons. The van der Waals surface area contributed by atoms with Crippen LogP contribution in [-0.4, -0.2) is 11.1 Å². The summed E-state index contributed by atoms with van der Waals surface area (Å²) in [7, 11) is 0. The summed E-state index contributed by atoms with van der Waals surface area (Å²) in [6, 6.07) is 5.34. The van der Waals surface area contributed by atoms with E-state index >= 15 is 0 Å². The Morgan fingerprint density at radius 2 is 2.29 bits per heavy atom. The Labute approximate surface area is 103 Å². The van der Waals surface area contributed by atoms with Gasteiger partial charge in [0.2, 0.25) is 0 Å². The van der Waals surface area contributed by atoms with Crippen LogP contribution >= 0.6 is 38.5 Å². The summed E-state index contributed by atoms with van der Waals surface area (Å²) in [6.45, 7) is 0. The minimum Gasteiger partial charge on any atom is -0.481 e. The van der Waals surface area contributed by atoms with Crippen molar-refractivity contribution in [3.8, 4) is 6.07 Å². The fourth-order valence-corrected chi connectivity index (χ4v) is 2.50. The molecule has 0 heterocycles. The molecule has 1 N–H and O–H groups in total. The Hall–Kier alpha value is -0.610. The molecule has 0 radical (unpaired) electrons. The first kappa shape index (κ1) is 11.5. The summed E-state index contributed by atoms with van der Waals surface area (Å²) in [5, 5.41) is 17.4. The van der Waals surface area contributed by atoms with Crippen LogP contribution in [-0.2, 0) is 11.2 Å². The smallest absolute Gasteiger partial charge is 0.307 e. The molecule has 1 aromatic rings. The summed E-state index contributed by atoms with van der Waals surface area (Å²) < 4.78 is 1.54. The van der Waals surface area contributed by atoms with Gasteiger partial charge in [0.1, 0.15) is 6.07 Å². The fraction of sp³-hybridized carbons (Fsp3) is 0.111. The molecule has 1 aromatic carbocycles. The highest BCUT2D eigenvalue weighted by Crippen LogP contribution is 2.23. The lowest BCUT2D eigenvalue weighted by Gasteiger charge is -2.03. The third-order valence-corrected chi connectivity index (χ3v) is 3.26. The largest absolute Gasteiger partial charge is 0.481 e. The number of benzene rings is 1. The molecule has 0 atom stereocenters. The minimum atomic E-state index is -0.894. The highest BCUT2D eigenvalue weighted by molar-refractivity contribution is 14.1. The molecular weight excluding hydrogens is 361 g/mol. The Bertz CT molecular complexity index is 426. The quantitative estimate of drug-likeness (QED) is 0.819. The van der Waals surface area contributed by atoms with E-state index in [0.29, 0.717) is 15.6 Å². The summed E-state index contributed by atoms with van der Waals surface area (Å²) in [6.07, 6.45) is -0.0553. The van der Waals surface area contributed by atoms with E-state index < -0.39 is 5.97 Å². The third kappa shape index (κ3) is 2.69. The molecule has 0 saturated heterocycles. The van der Waals surface area contributed by atoms with Gasteiger partial charge < -0.3 is 5.11 Å². The zero-order valence-corrected chi connectivity index (χ0v) is 10.7. The summed E-state index contributed by atoms with van der Waals surface area (Å²) in [5.41, 5.74) is 1.12. The molecule has 0 fully saturated rings. The van der Waals surface area contributed by atoms with E-state index in [-0.39, 0.29) is 6.42 Å². The van der Waals surface area contributed by atoms with Crippen LogP contribution in [0.3, 0.4) is 0 Å². The molecule has 0 saturated carbocycles. The second kappa shape index (κ2) is 4.75. The molecule has 0 unspecified atom stereocenters. The van der Waals surface area contributed by atoms with Crippen molar-refractivity contribution < 1.29 is 9.90 Å². The second-order valence-corrected chi connectivity index (χ2v) is 4.62. The van der Waals surface area contributed by atoms with Crippen LogP contribution in [0.15, 0.2) is 16.6 Å². The zero-order valence-electron chi connectivity index (χ0n) is 6.92. The highest BCUT2D eigenvalue weighted by atomic mass is 127. The van der Waals surface area contributed by atoms with Gasteiger partial charge in [-0.25, -0.2) is 0 Å². The Morgan fingerprint density at radius 1 is 1.64 bits per heavy atom. The van der Waals surface area contributed by atoms with E-state index in [1.165, 1.54) is 0 Å². The molecule has 0 amide bonds. The number of aliphatic carboxylic acids is 1. The Kier molecular flexibility index (Phi) is 3.89. The molecule has 5 heteroatoms. The summed E-state index contributed by atoms with van der Waals surface area (Å²) in [4.78, 5) is 10.5. The van der Waals surface area contributed by atoms with E-state index in [2.05, 4.69) is 15.9 Å². The molecule has 0 aliphatic rings. The van der Waals surface area contributed by atoms with Gasteiger partial charge in [-0.05, 0) is 56.2 Å². The number of rotatable bonds is 2. The van der Waals surface area contributed by atoms with Crippen molar-refractivity contribution in [3.63, 3.8) is 0 Å². The maximum absolute atomic E-state index is 10.5. The Morgan fingerprint density at radius 3 is 2.79 bits per heavy atom. The number of hydrogen-bond donors (Lipinski definition) is 1. The van der Waals surface area contributed by atoms with Crippen molar-refractivity contribution in [3.05, 3.63) is 31.3 Å². The standard InChI is InChI=1S/C9H5BrINO2/c10-7-3-8(11)5(2-9(13)14)1-6(7)4-12/h1,3H,2H2,(H,13,14). The van der Waals surface area contributed by atoms with Gasteiger partial charge in [-0.1, -0.05) is 0 Å². The van der Waals surface area contributed by atoms with Crippen LogP contribution in [0.5, 0.6) is 0 Å². The van der Waals surface area contributed by atoms with E-state index in [9.17, 15) is 4.79 Å². The van der Waals surface area contributed by atoms with Gasteiger partial charge in [-0.3, -0.25) is 4.79 Å². The van der Waals surface area contributed by atoms with E-state index in [1.54, 1.807) is 12.1 Å². The molecule has 0 bridgehead atoms. The average molecular weight is 366 g/mol. The van der Waals surface area contributed by atoms with Gasteiger partial charge in [0.05, 0.1) is 12.0 Å². The predicted octanol–water partition coefficient (Wildman–Crippen LogP) is 2.55. The van der Waals surface area contributed by atoms with Gasteiger partial charge >= 0.3 is 5.97 Å². The van der Waals surface area contributed by atoms with Gasteiger partial charge in [0.15, 0.2) is 0 Å². The van der Waals surface area contributed by atoms with Crippen molar-refractivity contribution in [2.45, 2.75) is 6.42 Å². The molecule has 0 aromatic heterocycles. The van der Waals surface area contributed by atoms with Gasteiger partial charge in [-0.2, -0.15) is 5.26 Å². The van der Waals surface area contributed by atoms with Crippen molar-refractivity contribution >= 4 is 44.5 Å². The molecule has 1 rings (SSSR count). The normalized spacial score (nSPS) is 9.50. The first-order valence-electron chi connectivity index (χ1n) is 3.64. The van der Waals surface area contributed by atoms with Crippen LogP contribution in [0.4, 0.5) is 0 Å². The average Bonchev–Trinajstić information content (AvgIpc) is 2.09. The third-order valence-electron chi connectivity index (χ3n) is 1.60. The SMILES string of the molecule is N#Cc1cc(CC(=O)O)c(I)cc1Br. The lowest BCUT2D eigenvalue weighted by atomic mass is 10.1. The van der Waals surface area contributed by atoms with Crippen molar-refractivity contribution in [1.82, 2.24) is 0 Å². The predicted molar refractivity (Wildman–Crippen MR) is 62.9 cm³/mol. The first-order chi connectivity index (χ1) is 6.54. The molecule has 3 nitrogen and oxygen atoms in total. The lowest BCUT2D eigenvalue weighted by Crippen LogP contribution is -2.02. The fourth-order valence-electron chi connectivity index (χ4n) is 0.978. The van der Waals surface area contributed by atoms with Crippen LogP contribution in [0, 0.1) is 14.9 Å². The number of carboxylic acid groups (broad SMARTS) is 1. The number of nitrogens with zero attached hydrogens (tertiary/aromatic N) is 1. The van der Waals surface area contributed by atoms with Gasteiger partial charge in [-0.15, -0.1) is 0 Å². The maximum atomic E-state index is 10.5. The van der Waals surface area contributed by atoms with Gasteiger partial charge in [0.25, 0.3) is 0 Å². The van der Waals surface area contributed by atoms with Crippen LogP contribution in [0.2, 0.25) is 0 Å². The first-order valence-corrected chi connectivity index (χ1v) is 5.51. The van der Waals surface area contributed by atoms with Crippen molar-refractivity contribution in [2.75, 3.05) is 0 Å². The van der Waals surface area contributed by atoms with Crippen LogP contribution < -0.4 is 0 Å². The topological polar surface area (TPSA) is 61.1 Å². The molecule has 0 spiro atoms. The number of halogens is 2. The van der Waals surface area contributed by atoms with E-state index in [4.69, 9.17) is 10.4 Å². The number of hydrogen-bond acceptors (Lipinski definition) is 2. The zero-order chi connectivity index (χ0) is 10.7. The highest BCUT2D eigenvalue weighted by Gasteiger charge is 2.09. The van der Waals surface area contributed by atoms with E-state index in [1.807, 2.05) is 28.7 Å². The van der Waals surface area contributed by atoms with Crippen LogP contribution in [0.25, 0.3) is 0 Å². The van der Waals surface area contributed by atoms with Crippen molar-refractivity contribution in [2.24, 2.45) is 0 Å². The monoisotopic (exact) mass is 365 g/mol.